The van der Waals surface area contributed by atoms with E-state index in [4.69, 9.17) is 11.5 Å². The van der Waals surface area contributed by atoms with Crippen LogP contribution >= 0.6 is 0 Å². The molecule has 0 bridgehead atoms. The molecule has 6 nitrogen and oxygen atoms in total. The minimum absolute atomic E-state index is 0.197. The van der Waals surface area contributed by atoms with E-state index in [2.05, 4.69) is 105 Å². The summed E-state index contributed by atoms with van der Waals surface area (Å²) in [4.78, 5) is 13.7. The smallest absolute Gasteiger partial charge is 0.0372 e. The van der Waals surface area contributed by atoms with Gasteiger partial charge in [-0.15, -0.1) is 0 Å². The average Bonchev–Trinajstić information content (AvgIpc) is 3.52. The summed E-state index contributed by atoms with van der Waals surface area (Å²) in [5.74, 6) is 0.790. The Bertz CT molecular complexity index is 1210. The molecule has 208 valence electrons. The van der Waals surface area contributed by atoms with Crippen LogP contribution in [0.3, 0.4) is 0 Å². The summed E-state index contributed by atoms with van der Waals surface area (Å²) < 4.78 is 0. The van der Waals surface area contributed by atoms with Gasteiger partial charge in [0.05, 0.1) is 0 Å². The van der Waals surface area contributed by atoms with Crippen molar-refractivity contribution in [2.24, 2.45) is 11.5 Å². The van der Waals surface area contributed by atoms with E-state index in [0.717, 1.165) is 50.7 Å². The van der Waals surface area contributed by atoms with Crippen molar-refractivity contribution in [2.75, 3.05) is 26.2 Å². The molecule has 4 heterocycles. The highest BCUT2D eigenvalue weighted by Gasteiger charge is 2.32. The lowest BCUT2D eigenvalue weighted by Crippen LogP contribution is -2.28. The van der Waals surface area contributed by atoms with Crippen molar-refractivity contribution in [2.45, 2.75) is 50.9 Å². The highest BCUT2D eigenvalue weighted by atomic mass is 15.2. The van der Waals surface area contributed by atoms with E-state index < -0.39 is 0 Å². The predicted octanol–water partition coefficient (Wildman–Crippen LogP) is 4.63. The summed E-state index contributed by atoms with van der Waals surface area (Å²) in [5.41, 5.74) is 20.0. The second-order valence-electron chi connectivity index (χ2n) is 11.4. The van der Waals surface area contributed by atoms with Crippen LogP contribution in [0.1, 0.15) is 45.5 Å². The SMILES string of the molecule is Cc1ccc([C@@H]2CN(Cc3ccccc3)C[C@H]2N)cn1.Cc1ccc([C@H]2CN(Cc3ccccc3)C[C@@H]2N)cn1. The van der Waals surface area contributed by atoms with E-state index in [0.29, 0.717) is 11.8 Å². The standard InChI is InChI=1S/2C17H21N3/c2*1-13-7-8-15(9-19-13)16-11-20(12-17(16)18)10-14-5-3-2-4-6-14/h2*2-9,16-17H,10-12,18H2,1H3/t2*16-,17+/m10/s1. The molecule has 0 saturated carbocycles. The molecule has 6 rings (SSSR count). The molecule has 2 fully saturated rings. The van der Waals surface area contributed by atoms with Gasteiger partial charge in [-0.1, -0.05) is 72.8 Å². The molecule has 4 N–H and O–H groups in total. The van der Waals surface area contributed by atoms with Crippen molar-refractivity contribution >= 4 is 0 Å². The first-order chi connectivity index (χ1) is 19.4. The van der Waals surface area contributed by atoms with E-state index >= 15 is 0 Å². The summed E-state index contributed by atoms with van der Waals surface area (Å²) >= 11 is 0. The maximum atomic E-state index is 6.32. The third kappa shape index (κ3) is 7.40. The molecular formula is C34H42N6. The van der Waals surface area contributed by atoms with Crippen LogP contribution in [0.5, 0.6) is 0 Å². The molecule has 2 aliphatic heterocycles. The number of rotatable bonds is 6. The number of nitrogens with two attached hydrogens (primary N) is 2. The van der Waals surface area contributed by atoms with Gasteiger partial charge in [-0.2, -0.15) is 0 Å². The Morgan fingerprint density at radius 3 is 1.32 bits per heavy atom. The topological polar surface area (TPSA) is 84.3 Å². The fourth-order valence-corrected chi connectivity index (χ4v) is 5.87. The quantitative estimate of drug-likeness (QED) is 0.375. The number of benzene rings is 2. The van der Waals surface area contributed by atoms with E-state index in [1.165, 1.54) is 22.3 Å². The van der Waals surface area contributed by atoms with Crippen molar-refractivity contribution in [1.29, 1.82) is 0 Å². The number of nitrogens with zero attached hydrogens (tertiary/aromatic N) is 4. The third-order valence-corrected chi connectivity index (χ3v) is 8.10. The van der Waals surface area contributed by atoms with Gasteiger partial charge >= 0.3 is 0 Å². The number of pyridine rings is 2. The first-order valence-corrected chi connectivity index (χ1v) is 14.3. The second kappa shape index (κ2) is 13.3. The van der Waals surface area contributed by atoms with Gasteiger partial charge < -0.3 is 11.5 Å². The Morgan fingerprint density at radius 2 is 0.975 bits per heavy atom. The molecule has 0 unspecified atom stereocenters. The van der Waals surface area contributed by atoms with Crippen LogP contribution in [-0.4, -0.2) is 58.0 Å². The summed E-state index contributed by atoms with van der Waals surface area (Å²) in [6.07, 6.45) is 3.96. The molecule has 40 heavy (non-hydrogen) atoms. The van der Waals surface area contributed by atoms with Gasteiger partial charge in [0.25, 0.3) is 0 Å². The Hall–Kier alpha value is -3.42. The first-order valence-electron chi connectivity index (χ1n) is 14.3. The van der Waals surface area contributed by atoms with Gasteiger partial charge in [-0.3, -0.25) is 19.8 Å². The second-order valence-corrected chi connectivity index (χ2v) is 11.4. The molecule has 6 heteroatoms. The van der Waals surface area contributed by atoms with E-state index in [1.54, 1.807) is 0 Å². The van der Waals surface area contributed by atoms with Crippen molar-refractivity contribution in [3.63, 3.8) is 0 Å². The number of likely N-dealkylation sites (tertiary alicyclic amines) is 2. The van der Waals surface area contributed by atoms with Crippen LogP contribution in [0, 0.1) is 13.8 Å². The molecule has 0 aliphatic carbocycles. The zero-order chi connectivity index (χ0) is 27.9. The Balaban J connectivity index is 0.000000161. The molecule has 2 aromatic carbocycles. The maximum Gasteiger partial charge on any atom is 0.0372 e. The minimum atomic E-state index is 0.197. The highest BCUT2D eigenvalue weighted by molar-refractivity contribution is 5.24. The first kappa shape index (κ1) is 28.1. The van der Waals surface area contributed by atoms with E-state index in [1.807, 2.05) is 26.2 Å². The number of aromatic nitrogens is 2. The van der Waals surface area contributed by atoms with E-state index in [9.17, 15) is 0 Å². The maximum absolute atomic E-state index is 6.32. The normalized spacial score (nSPS) is 23.1. The minimum Gasteiger partial charge on any atom is -0.326 e. The summed E-state index contributed by atoms with van der Waals surface area (Å²) in [6.45, 7) is 9.91. The van der Waals surface area contributed by atoms with Crippen LogP contribution in [0.15, 0.2) is 97.3 Å². The lowest BCUT2D eigenvalue weighted by Gasteiger charge is -2.16. The average molecular weight is 535 g/mol. The largest absolute Gasteiger partial charge is 0.326 e. The van der Waals surface area contributed by atoms with Gasteiger partial charge in [-0.25, -0.2) is 0 Å². The molecular weight excluding hydrogens is 492 g/mol. The molecule has 4 aromatic rings. The van der Waals surface area contributed by atoms with Crippen LogP contribution in [-0.2, 0) is 13.1 Å². The predicted molar refractivity (Wildman–Crippen MR) is 163 cm³/mol. The number of aryl methyl sites for hydroxylation is 2. The van der Waals surface area contributed by atoms with Crippen molar-refractivity contribution in [3.8, 4) is 0 Å². The summed E-state index contributed by atoms with van der Waals surface area (Å²) in [5, 5.41) is 0. The van der Waals surface area contributed by atoms with Gasteiger partial charge in [0.2, 0.25) is 0 Å². The number of hydrogen-bond donors (Lipinski definition) is 2. The molecule has 2 aliphatic rings. The molecule has 0 spiro atoms. The molecule has 0 radical (unpaired) electrons. The third-order valence-electron chi connectivity index (χ3n) is 8.10. The highest BCUT2D eigenvalue weighted by Crippen LogP contribution is 2.28. The lowest BCUT2D eigenvalue weighted by molar-refractivity contribution is 0.324. The number of hydrogen-bond acceptors (Lipinski definition) is 6. The zero-order valence-corrected chi connectivity index (χ0v) is 23.7. The Labute approximate surface area is 239 Å². The molecule has 2 aromatic heterocycles. The molecule has 0 amide bonds. The summed E-state index contributed by atoms with van der Waals surface area (Å²) in [7, 11) is 0. The summed E-state index contributed by atoms with van der Waals surface area (Å²) in [6, 6.07) is 30.0. The molecule has 4 atom stereocenters. The van der Waals surface area contributed by atoms with Crippen LogP contribution in [0.4, 0.5) is 0 Å². The van der Waals surface area contributed by atoms with Gasteiger partial charge in [0.15, 0.2) is 0 Å². The van der Waals surface area contributed by atoms with E-state index in [-0.39, 0.29) is 12.1 Å². The molecule has 2 saturated heterocycles. The van der Waals surface area contributed by atoms with Gasteiger partial charge in [-0.05, 0) is 48.2 Å². The van der Waals surface area contributed by atoms with Crippen LogP contribution in [0.25, 0.3) is 0 Å². The lowest BCUT2D eigenvalue weighted by atomic mass is 9.96. The fraction of sp³-hybridized carbons (Fsp3) is 0.353. The van der Waals surface area contributed by atoms with Crippen molar-refractivity contribution in [3.05, 3.63) is 131 Å². The van der Waals surface area contributed by atoms with Gasteiger partial charge in [0.1, 0.15) is 0 Å². The van der Waals surface area contributed by atoms with Crippen molar-refractivity contribution < 1.29 is 0 Å². The van der Waals surface area contributed by atoms with Crippen LogP contribution in [0.2, 0.25) is 0 Å². The van der Waals surface area contributed by atoms with Crippen LogP contribution < -0.4 is 11.5 Å². The van der Waals surface area contributed by atoms with Crippen molar-refractivity contribution in [1.82, 2.24) is 19.8 Å². The Morgan fingerprint density at radius 1 is 0.575 bits per heavy atom. The fourth-order valence-electron chi connectivity index (χ4n) is 5.87. The van der Waals surface area contributed by atoms with Gasteiger partial charge in [0, 0.05) is 87.0 Å². The zero-order valence-electron chi connectivity index (χ0n) is 23.7. The monoisotopic (exact) mass is 534 g/mol. The Kier molecular flexibility index (Phi) is 9.34.